The van der Waals surface area contributed by atoms with Crippen molar-refractivity contribution in [2.75, 3.05) is 21.3 Å². The number of aryl methyl sites for hydroxylation is 1. The van der Waals surface area contributed by atoms with Crippen LogP contribution in [-0.4, -0.2) is 32.1 Å². The van der Waals surface area contributed by atoms with Gasteiger partial charge in [0.15, 0.2) is 17.3 Å². The molecule has 0 atom stereocenters. The van der Waals surface area contributed by atoms with E-state index in [-0.39, 0.29) is 5.78 Å². The van der Waals surface area contributed by atoms with Gasteiger partial charge in [-0.15, -0.1) is 0 Å². The smallest absolute Gasteiger partial charge is 0.195 e. The van der Waals surface area contributed by atoms with Crippen LogP contribution in [0.25, 0.3) is 10.9 Å². The number of carbonyl (C=O) groups excluding carboxylic acids is 1. The van der Waals surface area contributed by atoms with Crippen molar-refractivity contribution in [1.82, 2.24) is 4.98 Å². The van der Waals surface area contributed by atoms with E-state index in [2.05, 4.69) is 4.98 Å². The molecule has 0 spiro atoms. The average molecular weight is 325 g/mol. The van der Waals surface area contributed by atoms with Gasteiger partial charge in [-0.25, -0.2) is 0 Å². The van der Waals surface area contributed by atoms with Crippen molar-refractivity contribution in [1.29, 1.82) is 0 Å². The third-order valence-electron chi connectivity index (χ3n) is 4.06. The number of hydrogen-bond donors (Lipinski definition) is 1. The molecule has 0 aliphatic rings. The van der Waals surface area contributed by atoms with Gasteiger partial charge in [-0.3, -0.25) is 4.79 Å². The lowest BCUT2D eigenvalue weighted by Gasteiger charge is -2.12. The molecule has 0 saturated heterocycles. The highest BCUT2D eigenvalue weighted by Gasteiger charge is 2.18. The summed E-state index contributed by atoms with van der Waals surface area (Å²) < 4.78 is 15.9. The van der Waals surface area contributed by atoms with Crippen LogP contribution in [0.2, 0.25) is 0 Å². The summed E-state index contributed by atoms with van der Waals surface area (Å²) >= 11 is 0. The molecule has 0 amide bonds. The van der Waals surface area contributed by atoms with Crippen LogP contribution in [0.4, 0.5) is 0 Å². The maximum absolute atomic E-state index is 12.9. The van der Waals surface area contributed by atoms with Gasteiger partial charge < -0.3 is 19.2 Å². The number of rotatable bonds is 5. The summed E-state index contributed by atoms with van der Waals surface area (Å²) in [5, 5.41) is 0.855. The molecule has 0 fully saturated rings. The molecule has 0 radical (unpaired) electrons. The minimum absolute atomic E-state index is 0.0736. The third kappa shape index (κ3) is 2.58. The molecular formula is C19H19NO4. The summed E-state index contributed by atoms with van der Waals surface area (Å²) in [5.41, 5.74) is 2.87. The van der Waals surface area contributed by atoms with Gasteiger partial charge in [0.2, 0.25) is 0 Å². The number of aromatic nitrogens is 1. The van der Waals surface area contributed by atoms with Gasteiger partial charge in [0, 0.05) is 34.3 Å². The van der Waals surface area contributed by atoms with E-state index in [0.717, 1.165) is 22.2 Å². The van der Waals surface area contributed by atoms with Gasteiger partial charge in [0.1, 0.15) is 5.75 Å². The van der Waals surface area contributed by atoms with Crippen molar-refractivity contribution in [3.8, 4) is 17.2 Å². The molecule has 1 heterocycles. The van der Waals surface area contributed by atoms with E-state index in [1.54, 1.807) is 33.6 Å². The van der Waals surface area contributed by atoms with Crippen LogP contribution < -0.4 is 14.2 Å². The van der Waals surface area contributed by atoms with Crippen molar-refractivity contribution < 1.29 is 19.0 Å². The number of ketones is 1. The molecule has 3 rings (SSSR count). The van der Waals surface area contributed by atoms with Gasteiger partial charge in [0.05, 0.1) is 21.3 Å². The molecule has 24 heavy (non-hydrogen) atoms. The second-order valence-corrected chi connectivity index (χ2v) is 5.47. The predicted molar refractivity (Wildman–Crippen MR) is 92.6 cm³/mol. The minimum Gasteiger partial charge on any atom is -0.497 e. The molecule has 5 heteroatoms. The maximum Gasteiger partial charge on any atom is 0.195 e. The van der Waals surface area contributed by atoms with Crippen LogP contribution in [0.3, 0.4) is 0 Å². The Bertz CT molecular complexity index is 911. The first-order valence-electron chi connectivity index (χ1n) is 7.51. The number of ether oxygens (including phenoxy) is 3. The summed E-state index contributed by atoms with van der Waals surface area (Å²) in [6, 6.07) is 9.10. The predicted octanol–water partition coefficient (Wildman–Crippen LogP) is 3.73. The summed E-state index contributed by atoms with van der Waals surface area (Å²) in [7, 11) is 4.76. The lowest BCUT2D eigenvalue weighted by molar-refractivity contribution is 0.104. The van der Waals surface area contributed by atoms with Gasteiger partial charge in [0.25, 0.3) is 0 Å². The Morgan fingerprint density at radius 1 is 1.00 bits per heavy atom. The summed E-state index contributed by atoms with van der Waals surface area (Å²) in [4.78, 5) is 16.1. The quantitative estimate of drug-likeness (QED) is 0.726. The number of nitrogens with one attached hydrogen (secondary N) is 1. The van der Waals surface area contributed by atoms with Crippen LogP contribution in [0, 0.1) is 6.92 Å². The Morgan fingerprint density at radius 3 is 2.46 bits per heavy atom. The van der Waals surface area contributed by atoms with Crippen molar-refractivity contribution in [3.63, 3.8) is 0 Å². The van der Waals surface area contributed by atoms with Crippen molar-refractivity contribution >= 4 is 16.7 Å². The van der Waals surface area contributed by atoms with Gasteiger partial charge in [-0.1, -0.05) is 0 Å². The second-order valence-electron chi connectivity index (χ2n) is 5.47. The fraction of sp³-hybridized carbons (Fsp3) is 0.211. The number of H-pyrrole nitrogens is 1. The van der Waals surface area contributed by atoms with Crippen LogP contribution in [-0.2, 0) is 0 Å². The molecule has 5 nitrogen and oxygen atoms in total. The first kappa shape index (κ1) is 15.9. The van der Waals surface area contributed by atoms with Crippen molar-refractivity contribution in [2.24, 2.45) is 0 Å². The molecular weight excluding hydrogens is 306 g/mol. The Labute approximate surface area is 140 Å². The zero-order valence-electron chi connectivity index (χ0n) is 14.1. The van der Waals surface area contributed by atoms with Crippen molar-refractivity contribution in [3.05, 3.63) is 53.2 Å². The van der Waals surface area contributed by atoms with E-state index >= 15 is 0 Å². The highest BCUT2D eigenvalue weighted by Crippen LogP contribution is 2.33. The van der Waals surface area contributed by atoms with E-state index < -0.39 is 0 Å². The highest BCUT2D eigenvalue weighted by atomic mass is 16.5. The van der Waals surface area contributed by atoms with Crippen molar-refractivity contribution in [2.45, 2.75) is 6.92 Å². The third-order valence-corrected chi connectivity index (χ3v) is 4.06. The molecule has 2 aromatic carbocycles. The number of fused-ring (bicyclic) bond motifs is 1. The first-order chi connectivity index (χ1) is 11.6. The molecule has 0 aliphatic carbocycles. The Kier molecular flexibility index (Phi) is 4.16. The van der Waals surface area contributed by atoms with E-state index in [0.29, 0.717) is 22.6 Å². The molecule has 0 unspecified atom stereocenters. The fourth-order valence-corrected chi connectivity index (χ4v) is 2.86. The molecule has 3 aromatic rings. The van der Waals surface area contributed by atoms with E-state index in [1.165, 1.54) is 0 Å². The highest BCUT2D eigenvalue weighted by molar-refractivity contribution is 6.16. The Balaban J connectivity index is 2.08. The molecule has 0 aliphatic heterocycles. The monoisotopic (exact) mass is 325 g/mol. The molecule has 124 valence electrons. The molecule has 0 bridgehead atoms. The van der Waals surface area contributed by atoms with Crippen LogP contribution in [0.5, 0.6) is 17.2 Å². The molecule has 1 N–H and O–H groups in total. The van der Waals surface area contributed by atoms with Crippen LogP contribution in [0.15, 0.2) is 36.5 Å². The van der Waals surface area contributed by atoms with Gasteiger partial charge in [-0.05, 0) is 36.8 Å². The zero-order chi connectivity index (χ0) is 17.3. The lowest BCUT2D eigenvalue weighted by Crippen LogP contribution is -2.03. The largest absolute Gasteiger partial charge is 0.497 e. The Morgan fingerprint density at radius 2 is 1.79 bits per heavy atom. The second kappa shape index (κ2) is 6.28. The normalized spacial score (nSPS) is 10.7. The topological polar surface area (TPSA) is 60.6 Å². The average Bonchev–Trinajstić information content (AvgIpc) is 3.03. The van der Waals surface area contributed by atoms with E-state index in [4.69, 9.17) is 14.2 Å². The number of methoxy groups -OCH3 is 3. The summed E-state index contributed by atoms with van der Waals surface area (Å²) in [6.45, 7) is 1.89. The van der Waals surface area contributed by atoms with E-state index in [9.17, 15) is 4.79 Å². The number of aromatic amines is 1. The van der Waals surface area contributed by atoms with Gasteiger partial charge >= 0.3 is 0 Å². The molecule has 1 aromatic heterocycles. The van der Waals surface area contributed by atoms with Gasteiger partial charge in [-0.2, -0.15) is 0 Å². The van der Waals surface area contributed by atoms with E-state index in [1.807, 2.05) is 31.2 Å². The number of benzene rings is 2. The summed E-state index contributed by atoms with van der Waals surface area (Å²) in [5.74, 6) is 1.85. The van der Waals surface area contributed by atoms with Crippen LogP contribution in [0.1, 0.15) is 21.5 Å². The summed E-state index contributed by atoms with van der Waals surface area (Å²) in [6.07, 6.45) is 1.72. The lowest BCUT2D eigenvalue weighted by atomic mass is 10.00. The standard InChI is InChI=1S/C19H19NO4/c1-11-7-12(8-17(23-3)19(11)24-4)18(21)15-10-20-16-9-13(22-2)5-6-14(15)16/h5-10,20H,1-4H3. The number of carbonyl (C=O) groups is 1. The number of hydrogen-bond acceptors (Lipinski definition) is 4. The van der Waals surface area contributed by atoms with Crippen LogP contribution >= 0.6 is 0 Å². The first-order valence-corrected chi connectivity index (χ1v) is 7.51. The zero-order valence-corrected chi connectivity index (χ0v) is 14.1. The SMILES string of the molecule is COc1ccc2c(C(=O)c3cc(C)c(OC)c(OC)c3)c[nH]c2c1. The maximum atomic E-state index is 12.9. The minimum atomic E-state index is -0.0736. The fourth-order valence-electron chi connectivity index (χ4n) is 2.86. The Hall–Kier alpha value is -2.95. The molecule has 0 saturated carbocycles.